The van der Waals surface area contributed by atoms with Crippen molar-refractivity contribution in [3.63, 3.8) is 0 Å². The highest BCUT2D eigenvalue weighted by Gasteiger charge is 2.24. The van der Waals surface area contributed by atoms with Crippen molar-refractivity contribution in [2.45, 2.75) is 52.1 Å². The molecular weight excluding hydrogens is 239 g/mol. The number of anilines is 1. The highest BCUT2D eigenvalue weighted by molar-refractivity contribution is 5.50. The van der Waals surface area contributed by atoms with E-state index in [-0.39, 0.29) is 11.9 Å². The predicted molar refractivity (Wildman–Crippen MR) is 79.0 cm³/mol. The zero-order valence-electron chi connectivity index (χ0n) is 12.2. The van der Waals surface area contributed by atoms with Crippen molar-refractivity contribution in [2.75, 3.05) is 11.4 Å². The first-order valence-electron chi connectivity index (χ1n) is 7.28. The van der Waals surface area contributed by atoms with Gasteiger partial charge in [-0.15, -0.1) is 0 Å². The van der Waals surface area contributed by atoms with Crippen LogP contribution in [0.15, 0.2) is 18.2 Å². The van der Waals surface area contributed by atoms with E-state index in [4.69, 9.17) is 5.73 Å². The molecule has 1 aliphatic heterocycles. The van der Waals surface area contributed by atoms with Crippen molar-refractivity contribution in [2.24, 2.45) is 11.7 Å². The van der Waals surface area contributed by atoms with E-state index in [1.807, 2.05) is 19.1 Å². The summed E-state index contributed by atoms with van der Waals surface area (Å²) in [5.41, 5.74) is 7.48. The monoisotopic (exact) mass is 264 g/mol. The Morgan fingerprint density at radius 3 is 2.74 bits per heavy atom. The molecule has 2 rings (SSSR count). The van der Waals surface area contributed by atoms with Crippen LogP contribution in [0.3, 0.4) is 0 Å². The minimum atomic E-state index is -0.112. The number of nitrogens with two attached hydrogens (primary N) is 1. The van der Waals surface area contributed by atoms with Crippen molar-refractivity contribution in [1.82, 2.24) is 0 Å². The van der Waals surface area contributed by atoms with Gasteiger partial charge in [-0.25, -0.2) is 4.39 Å². The normalized spacial score (nSPS) is 25.4. The van der Waals surface area contributed by atoms with Gasteiger partial charge in [0, 0.05) is 18.6 Å². The molecule has 3 unspecified atom stereocenters. The minimum absolute atomic E-state index is 0.0695. The second kappa shape index (κ2) is 5.91. The van der Waals surface area contributed by atoms with Gasteiger partial charge in [-0.1, -0.05) is 13.0 Å². The average molecular weight is 264 g/mol. The lowest BCUT2D eigenvalue weighted by atomic mass is 9.92. The first-order valence-corrected chi connectivity index (χ1v) is 7.28. The lowest BCUT2D eigenvalue weighted by Gasteiger charge is -2.38. The van der Waals surface area contributed by atoms with E-state index in [1.165, 1.54) is 0 Å². The van der Waals surface area contributed by atoms with Crippen LogP contribution in [0.2, 0.25) is 0 Å². The van der Waals surface area contributed by atoms with Crippen LogP contribution in [-0.4, -0.2) is 18.6 Å². The Morgan fingerprint density at radius 1 is 1.42 bits per heavy atom. The third-order valence-electron chi connectivity index (χ3n) is 4.02. The van der Waals surface area contributed by atoms with Crippen LogP contribution < -0.4 is 10.6 Å². The maximum atomic E-state index is 14.3. The van der Waals surface area contributed by atoms with Gasteiger partial charge in [-0.3, -0.25) is 0 Å². The van der Waals surface area contributed by atoms with Crippen molar-refractivity contribution < 1.29 is 4.39 Å². The quantitative estimate of drug-likeness (QED) is 0.907. The molecule has 0 aromatic heterocycles. The Bertz CT molecular complexity index is 431. The first-order chi connectivity index (χ1) is 8.97. The molecule has 0 spiro atoms. The van der Waals surface area contributed by atoms with Crippen molar-refractivity contribution in [3.8, 4) is 0 Å². The number of hydrogen-bond acceptors (Lipinski definition) is 2. The SMILES string of the molecule is CC(N)Cc1ccc(N2CCC(C)CC2C)c(F)c1. The molecule has 1 heterocycles. The van der Waals surface area contributed by atoms with Crippen LogP contribution in [0.5, 0.6) is 0 Å². The highest BCUT2D eigenvalue weighted by atomic mass is 19.1. The summed E-state index contributed by atoms with van der Waals surface area (Å²) in [6, 6.07) is 6.05. The van der Waals surface area contributed by atoms with Crippen LogP contribution >= 0.6 is 0 Å². The van der Waals surface area contributed by atoms with Crippen LogP contribution in [0.25, 0.3) is 0 Å². The molecule has 1 aliphatic rings. The number of piperidine rings is 1. The van der Waals surface area contributed by atoms with Gasteiger partial charge < -0.3 is 10.6 Å². The lowest BCUT2D eigenvalue weighted by Crippen LogP contribution is -2.40. The van der Waals surface area contributed by atoms with E-state index < -0.39 is 0 Å². The van der Waals surface area contributed by atoms with Crippen LogP contribution in [0.1, 0.15) is 39.2 Å². The fourth-order valence-electron chi connectivity index (χ4n) is 3.05. The maximum Gasteiger partial charge on any atom is 0.146 e. The van der Waals surface area contributed by atoms with E-state index >= 15 is 0 Å². The topological polar surface area (TPSA) is 29.3 Å². The van der Waals surface area contributed by atoms with Gasteiger partial charge in [-0.05, 0) is 56.7 Å². The second-order valence-corrected chi connectivity index (χ2v) is 6.14. The summed E-state index contributed by atoms with van der Waals surface area (Å²) in [7, 11) is 0. The van der Waals surface area contributed by atoms with Gasteiger partial charge in [-0.2, -0.15) is 0 Å². The lowest BCUT2D eigenvalue weighted by molar-refractivity contribution is 0.374. The number of benzene rings is 1. The van der Waals surface area contributed by atoms with Gasteiger partial charge in [0.25, 0.3) is 0 Å². The van der Waals surface area contributed by atoms with E-state index in [1.54, 1.807) is 6.07 Å². The molecule has 1 saturated heterocycles. The van der Waals surface area contributed by atoms with Crippen LogP contribution in [-0.2, 0) is 6.42 Å². The molecular formula is C16H25FN2. The second-order valence-electron chi connectivity index (χ2n) is 6.14. The van der Waals surface area contributed by atoms with Crippen LogP contribution in [0.4, 0.5) is 10.1 Å². The molecule has 1 aromatic carbocycles. The molecule has 3 atom stereocenters. The number of rotatable bonds is 3. The highest BCUT2D eigenvalue weighted by Crippen LogP contribution is 2.30. The molecule has 0 radical (unpaired) electrons. The fourth-order valence-corrected chi connectivity index (χ4v) is 3.05. The average Bonchev–Trinajstić information content (AvgIpc) is 2.30. The Kier molecular flexibility index (Phi) is 4.46. The van der Waals surface area contributed by atoms with Gasteiger partial charge >= 0.3 is 0 Å². The molecule has 0 saturated carbocycles. The molecule has 3 heteroatoms. The molecule has 19 heavy (non-hydrogen) atoms. The Hall–Kier alpha value is -1.09. The van der Waals surface area contributed by atoms with Gasteiger partial charge in [0.1, 0.15) is 5.82 Å². The molecule has 0 amide bonds. The molecule has 106 valence electrons. The summed E-state index contributed by atoms with van der Waals surface area (Å²) in [5, 5.41) is 0. The molecule has 2 N–H and O–H groups in total. The zero-order valence-corrected chi connectivity index (χ0v) is 12.2. The summed E-state index contributed by atoms with van der Waals surface area (Å²) in [6.45, 7) is 7.35. The van der Waals surface area contributed by atoms with Crippen molar-refractivity contribution in [3.05, 3.63) is 29.6 Å². The standard InChI is InChI=1S/C16H25FN2/c1-11-6-7-19(13(3)8-11)16-5-4-14(9-12(2)18)10-15(16)17/h4-5,10-13H,6-9,18H2,1-3H3. The summed E-state index contributed by atoms with van der Waals surface area (Å²) in [4.78, 5) is 2.20. The number of hydrogen-bond donors (Lipinski definition) is 1. The van der Waals surface area contributed by atoms with Gasteiger partial charge in [0.05, 0.1) is 5.69 Å². The summed E-state index contributed by atoms with van der Waals surface area (Å²) >= 11 is 0. The molecule has 1 aromatic rings. The van der Waals surface area contributed by atoms with Gasteiger partial charge in [0.15, 0.2) is 0 Å². The van der Waals surface area contributed by atoms with Gasteiger partial charge in [0.2, 0.25) is 0 Å². The van der Waals surface area contributed by atoms with E-state index in [9.17, 15) is 4.39 Å². The molecule has 2 nitrogen and oxygen atoms in total. The fraction of sp³-hybridized carbons (Fsp3) is 0.625. The minimum Gasteiger partial charge on any atom is -0.366 e. The third-order valence-corrected chi connectivity index (χ3v) is 4.02. The maximum absolute atomic E-state index is 14.3. The predicted octanol–water partition coefficient (Wildman–Crippen LogP) is 3.34. The Morgan fingerprint density at radius 2 is 2.16 bits per heavy atom. The van der Waals surface area contributed by atoms with E-state index in [0.29, 0.717) is 6.04 Å². The largest absolute Gasteiger partial charge is 0.366 e. The summed E-state index contributed by atoms with van der Waals surface area (Å²) in [5.74, 6) is 0.631. The van der Waals surface area contributed by atoms with Crippen molar-refractivity contribution >= 4 is 5.69 Å². The summed E-state index contributed by atoms with van der Waals surface area (Å²) in [6.07, 6.45) is 3.01. The zero-order chi connectivity index (χ0) is 14.0. The Balaban J connectivity index is 2.16. The van der Waals surface area contributed by atoms with E-state index in [2.05, 4.69) is 18.7 Å². The summed E-state index contributed by atoms with van der Waals surface area (Å²) < 4.78 is 14.3. The smallest absolute Gasteiger partial charge is 0.146 e. The third kappa shape index (κ3) is 3.47. The molecule has 0 bridgehead atoms. The molecule has 0 aliphatic carbocycles. The van der Waals surface area contributed by atoms with Crippen molar-refractivity contribution in [1.29, 1.82) is 0 Å². The van der Waals surface area contributed by atoms with E-state index in [0.717, 1.165) is 43.0 Å². The van der Waals surface area contributed by atoms with Crippen LogP contribution in [0, 0.1) is 11.7 Å². The Labute approximate surface area is 115 Å². The first kappa shape index (κ1) is 14.3. The number of nitrogens with zero attached hydrogens (tertiary/aromatic N) is 1. The number of halogens is 1. The molecule has 1 fully saturated rings.